The Bertz CT molecular complexity index is 1320. The van der Waals surface area contributed by atoms with Gasteiger partial charge in [0.25, 0.3) is 5.91 Å². The monoisotopic (exact) mass is 458 g/mol. The lowest BCUT2D eigenvalue weighted by Gasteiger charge is -2.57. The highest BCUT2D eigenvalue weighted by atomic mass is 32.1. The number of nitrogens with zero attached hydrogens (tertiary/aromatic N) is 3. The summed E-state index contributed by atoms with van der Waals surface area (Å²) in [6.45, 7) is 2.40. The van der Waals surface area contributed by atoms with Crippen LogP contribution in [0.3, 0.4) is 0 Å². The number of Topliss-reactive ketones (excluding diaryl/α,β-unsaturated/α-hetero) is 1. The molecule has 1 spiro atoms. The first-order chi connectivity index (χ1) is 16.0. The zero-order valence-corrected chi connectivity index (χ0v) is 19.3. The Labute approximate surface area is 196 Å². The number of ketones is 1. The molecule has 0 aliphatic heterocycles. The molecule has 0 radical (unpaired) electrons. The van der Waals surface area contributed by atoms with Crippen molar-refractivity contribution in [2.75, 3.05) is 0 Å². The van der Waals surface area contributed by atoms with Gasteiger partial charge in [0.1, 0.15) is 5.78 Å². The molecule has 2 aliphatic carbocycles. The Morgan fingerprint density at radius 3 is 2.61 bits per heavy atom. The van der Waals surface area contributed by atoms with Crippen molar-refractivity contribution in [3.63, 3.8) is 0 Å². The van der Waals surface area contributed by atoms with Crippen LogP contribution in [0.25, 0.3) is 15.9 Å². The number of hydrogen-bond acceptors (Lipinski definition) is 4. The van der Waals surface area contributed by atoms with Gasteiger partial charge in [0, 0.05) is 42.5 Å². The van der Waals surface area contributed by atoms with Gasteiger partial charge in [0.2, 0.25) is 0 Å². The SMILES string of the molecule is CC(=O)C1CC2(CC(NC(=O)c3csc4ccn(Cc5ccc(-n6cccn6)cc5)c34)C2)C1. The number of benzene rings is 1. The summed E-state index contributed by atoms with van der Waals surface area (Å²) in [4.78, 5) is 24.6. The maximum Gasteiger partial charge on any atom is 0.254 e. The van der Waals surface area contributed by atoms with Crippen molar-refractivity contribution in [2.45, 2.75) is 45.2 Å². The second kappa shape index (κ2) is 7.70. The van der Waals surface area contributed by atoms with Crippen LogP contribution in [0.2, 0.25) is 0 Å². The lowest BCUT2D eigenvalue weighted by molar-refractivity contribution is -0.134. The molecule has 33 heavy (non-hydrogen) atoms. The van der Waals surface area contributed by atoms with Crippen LogP contribution in [0.1, 0.15) is 48.5 Å². The van der Waals surface area contributed by atoms with Gasteiger partial charge >= 0.3 is 0 Å². The summed E-state index contributed by atoms with van der Waals surface area (Å²) in [5, 5.41) is 9.49. The van der Waals surface area contributed by atoms with Crippen LogP contribution < -0.4 is 5.32 Å². The number of thiophene rings is 1. The Morgan fingerprint density at radius 1 is 1.12 bits per heavy atom. The Kier molecular flexibility index (Phi) is 4.76. The standard InChI is InChI=1S/C26H26N4O2S/c1-17(31)19-11-26(12-19)13-20(14-26)28-25(32)22-16-33-23-7-10-29(24(22)23)15-18-3-5-21(6-4-18)30-9-2-8-27-30/h2-10,16,19-20H,11-15H2,1H3,(H,28,32). The highest BCUT2D eigenvalue weighted by Crippen LogP contribution is 2.58. The largest absolute Gasteiger partial charge is 0.349 e. The first-order valence-electron chi connectivity index (χ1n) is 11.5. The fourth-order valence-corrected chi connectivity index (χ4v) is 6.58. The molecule has 3 heterocycles. The van der Waals surface area contributed by atoms with Crippen LogP contribution in [-0.4, -0.2) is 32.1 Å². The maximum atomic E-state index is 13.1. The predicted octanol–water partition coefficient (Wildman–Crippen LogP) is 4.81. The van der Waals surface area contributed by atoms with Crippen molar-refractivity contribution < 1.29 is 9.59 Å². The Balaban J connectivity index is 1.14. The van der Waals surface area contributed by atoms with Crippen molar-refractivity contribution in [3.8, 4) is 5.69 Å². The molecule has 2 saturated carbocycles. The first-order valence-corrected chi connectivity index (χ1v) is 12.3. The van der Waals surface area contributed by atoms with Crippen LogP contribution in [-0.2, 0) is 11.3 Å². The zero-order chi connectivity index (χ0) is 22.6. The van der Waals surface area contributed by atoms with Crippen LogP contribution >= 0.6 is 11.3 Å². The topological polar surface area (TPSA) is 68.9 Å². The van der Waals surface area contributed by atoms with E-state index in [0.717, 1.165) is 47.2 Å². The van der Waals surface area contributed by atoms with Crippen molar-refractivity contribution in [2.24, 2.45) is 11.3 Å². The van der Waals surface area contributed by atoms with E-state index >= 15 is 0 Å². The number of nitrogens with one attached hydrogen (secondary N) is 1. The molecule has 0 unspecified atom stereocenters. The third-order valence-corrected chi connectivity index (χ3v) is 8.35. The van der Waals surface area contributed by atoms with Crippen molar-refractivity contribution in [1.82, 2.24) is 19.7 Å². The summed E-state index contributed by atoms with van der Waals surface area (Å²) < 4.78 is 5.13. The van der Waals surface area contributed by atoms with Crippen LogP contribution in [0.5, 0.6) is 0 Å². The van der Waals surface area contributed by atoms with Gasteiger partial charge in [-0.15, -0.1) is 11.3 Å². The summed E-state index contributed by atoms with van der Waals surface area (Å²) in [5.74, 6) is 0.568. The van der Waals surface area contributed by atoms with Gasteiger partial charge in [0.15, 0.2) is 0 Å². The van der Waals surface area contributed by atoms with Crippen LogP contribution in [0.4, 0.5) is 0 Å². The summed E-state index contributed by atoms with van der Waals surface area (Å²) in [5.41, 5.74) is 4.26. The van der Waals surface area contributed by atoms with E-state index in [1.54, 1.807) is 24.5 Å². The molecule has 1 N–H and O–H groups in total. The van der Waals surface area contributed by atoms with E-state index in [1.165, 1.54) is 5.56 Å². The minimum atomic E-state index is 0.0116. The van der Waals surface area contributed by atoms with Gasteiger partial charge in [-0.05, 0) is 67.9 Å². The molecule has 6 rings (SSSR count). The molecule has 0 saturated heterocycles. The Hall–Kier alpha value is -3.19. The number of aromatic nitrogens is 3. The quantitative estimate of drug-likeness (QED) is 0.451. The molecule has 1 amide bonds. The van der Waals surface area contributed by atoms with E-state index in [9.17, 15) is 9.59 Å². The van der Waals surface area contributed by atoms with Crippen LogP contribution in [0, 0.1) is 11.3 Å². The molecule has 0 bridgehead atoms. The highest BCUT2D eigenvalue weighted by molar-refractivity contribution is 7.17. The number of amides is 1. The summed E-state index contributed by atoms with van der Waals surface area (Å²) in [6, 6.07) is 12.6. The lowest BCUT2D eigenvalue weighted by Crippen LogP contribution is -2.57. The molecular formula is C26H26N4O2S. The fourth-order valence-electron chi connectivity index (χ4n) is 5.64. The second-order valence-corrected chi connectivity index (χ2v) is 10.6. The van der Waals surface area contributed by atoms with Gasteiger partial charge in [-0.1, -0.05) is 12.1 Å². The smallest absolute Gasteiger partial charge is 0.254 e. The van der Waals surface area contributed by atoms with Crippen molar-refractivity contribution in [3.05, 3.63) is 71.5 Å². The summed E-state index contributed by atoms with van der Waals surface area (Å²) >= 11 is 1.62. The normalized spacial score (nSPS) is 23.9. The van der Waals surface area contributed by atoms with Crippen LogP contribution in [0.15, 0.2) is 60.4 Å². The molecule has 1 aromatic carbocycles. The highest BCUT2D eigenvalue weighted by Gasteiger charge is 2.54. The molecule has 6 nitrogen and oxygen atoms in total. The Morgan fingerprint density at radius 2 is 1.91 bits per heavy atom. The molecule has 0 atom stereocenters. The summed E-state index contributed by atoms with van der Waals surface area (Å²) in [7, 11) is 0. The van der Waals surface area contributed by atoms with Gasteiger partial charge in [-0.25, -0.2) is 4.68 Å². The third kappa shape index (κ3) is 3.60. The average molecular weight is 459 g/mol. The van der Waals surface area contributed by atoms with Crippen molar-refractivity contribution in [1.29, 1.82) is 0 Å². The molecule has 2 aliphatic rings. The summed E-state index contributed by atoms with van der Waals surface area (Å²) in [6.07, 6.45) is 9.76. The van der Waals surface area contributed by atoms with Gasteiger partial charge in [-0.3, -0.25) is 9.59 Å². The van der Waals surface area contributed by atoms with E-state index in [2.05, 4.69) is 51.5 Å². The number of carbonyl (C=O) groups is 2. The lowest BCUT2D eigenvalue weighted by atomic mass is 9.49. The third-order valence-electron chi connectivity index (χ3n) is 7.42. The van der Waals surface area contributed by atoms with E-state index in [-0.39, 0.29) is 17.9 Å². The van der Waals surface area contributed by atoms with Gasteiger partial charge in [-0.2, -0.15) is 5.10 Å². The van der Waals surface area contributed by atoms with E-state index in [1.807, 2.05) is 22.3 Å². The number of hydrogen-bond donors (Lipinski definition) is 1. The van der Waals surface area contributed by atoms with Gasteiger partial charge < -0.3 is 9.88 Å². The number of fused-ring (bicyclic) bond motifs is 1. The molecule has 168 valence electrons. The number of carbonyl (C=O) groups excluding carboxylic acids is 2. The zero-order valence-electron chi connectivity index (χ0n) is 18.5. The fraction of sp³-hybridized carbons (Fsp3) is 0.346. The van der Waals surface area contributed by atoms with Crippen molar-refractivity contribution >= 4 is 33.2 Å². The molecule has 3 aromatic heterocycles. The van der Waals surface area contributed by atoms with E-state index in [0.29, 0.717) is 17.7 Å². The predicted molar refractivity (Wildman–Crippen MR) is 129 cm³/mol. The molecular weight excluding hydrogens is 432 g/mol. The molecule has 7 heteroatoms. The van der Waals surface area contributed by atoms with E-state index in [4.69, 9.17) is 0 Å². The minimum Gasteiger partial charge on any atom is -0.349 e. The minimum absolute atomic E-state index is 0.0116. The average Bonchev–Trinajstić information content (AvgIpc) is 3.48. The maximum absolute atomic E-state index is 13.1. The molecule has 4 aromatic rings. The molecule has 2 fully saturated rings. The second-order valence-electron chi connectivity index (χ2n) is 9.72. The first kappa shape index (κ1) is 20.4. The van der Waals surface area contributed by atoms with Gasteiger partial charge in [0.05, 0.1) is 21.5 Å². The number of rotatable bonds is 6. The van der Waals surface area contributed by atoms with E-state index < -0.39 is 0 Å².